The number of likely N-dealkylation sites (N-methyl/N-ethyl adjacent to an activating group) is 1. The first-order valence-electron chi connectivity index (χ1n) is 29.8. The maximum atomic E-state index is 16.0. The van der Waals surface area contributed by atoms with Crippen LogP contribution in [0.5, 0.6) is 0 Å². The van der Waals surface area contributed by atoms with Gasteiger partial charge >= 0.3 is 18.0 Å². The number of nitrogens with one attached hydrogen (secondary N) is 1. The zero-order valence-electron chi connectivity index (χ0n) is 52.7. The lowest BCUT2D eigenvalue weighted by Crippen LogP contribution is -2.59. The molecule has 0 aromatic rings. The Labute approximate surface area is 488 Å². The third-order valence-corrected chi connectivity index (χ3v) is 17.1. The third kappa shape index (κ3) is 18.4. The van der Waals surface area contributed by atoms with Crippen molar-refractivity contribution in [2.45, 2.75) is 233 Å². The Morgan fingerprint density at radius 3 is 2.11 bits per heavy atom. The maximum absolute atomic E-state index is 16.0. The van der Waals surface area contributed by atoms with E-state index in [0.717, 1.165) is 0 Å². The number of oxime groups is 1. The Morgan fingerprint density at radius 2 is 1.49 bits per heavy atom. The van der Waals surface area contributed by atoms with Crippen LogP contribution in [0.4, 0.5) is 4.79 Å². The molecule has 5 heterocycles. The van der Waals surface area contributed by atoms with Crippen molar-refractivity contribution in [1.82, 2.24) is 15.1 Å². The molecular formula is C59H104N4O19. The Kier molecular flexibility index (Phi) is 26.3. The smallest absolute Gasteiger partial charge is 0.408 e. The largest absolute Gasteiger partial charge is 0.461 e. The van der Waals surface area contributed by atoms with E-state index in [0.29, 0.717) is 51.5 Å². The zero-order chi connectivity index (χ0) is 61.1. The molecule has 0 radical (unpaired) electrons. The van der Waals surface area contributed by atoms with E-state index in [2.05, 4.69) is 27.2 Å². The van der Waals surface area contributed by atoms with Crippen molar-refractivity contribution in [2.24, 2.45) is 46.6 Å². The molecule has 0 bridgehead atoms. The molecule has 474 valence electrons. The van der Waals surface area contributed by atoms with Gasteiger partial charge < -0.3 is 82.1 Å². The van der Waals surface area contributed by atoms with Gasteiger partial charge in [-0.05, 0) is 80.7 Å². The summed E-state index contributed by atoms with van der Waals surface area (Å²) in [5.41, 5.74) is -2.51. The van der Waals surface area contributed by atoms with Crippen LogP contribution >= 0.6 is 0 Å². The molecule has 0 aromatic carbocycles. The lowest BCUT2D eigenvalue weighted by Gasteiger charge is -2.45. The van der Waals surface area contributed by atoms with Gasteiger partial charge in [-0.15, -0.1) is 0 Å². The first-order valence-corrected chi connectivity index (χ1v) is 29.8. The van der Waals surface area contributed by atoms with Crippen LogP contribution in [0.1, 0.15) is 130 Å². The van der Waals surface area contributed by atoms with Crippen LogP contribution in [0.25, 0.3) is 0 Å². The molecular weight excluding hydrogens is 1070 g/mol. The summed E-state index contributed by atoms with van der Waals surface area (Å²) in [6, 6.07) is 0.0105. The summed E-state index contributed by atoms with van der Waals surface area (Å²) < 4.78 is 76.4. The lowest BCUT2D eigenvalue weighted by atomic mass is 9.74. The van der Waals surface area contributed by atoms with Crippen LogP contribution in [-0.4, -0.2) is 227 Å². The SMILES string of the molecule is CO/N=C1\C[C@@H](C)O[C@@H](O[C@@H]2[C@@H](C)[C@H](O[C@H]3CC(C)N(C)C[C@H](C)O3)[C@@H](C)C(=O)O[C@H](C(C)CO[C@@H]3O[C@H](C)[C@@H](O)[C@@H](OC)[C@H]3OC)[C@H](C)[C@@H](OC(=O)CC(C)C)[C@@H](C)C(=O)[C@@](C)(OC(=O)NC(C)(C)CN3CCOCC3)C[C@@H]2C)[C@@H]1O. The average molecular weight is 1170 g/mol. The van der Waals surface area contributed by atoms with Crippen molar-refractivity contribution in [3.8, 4) is 0 Å². The monoisotopic (exact) mass is 1170 g/mol. The Balaban J connectivity index is 1.71. The fourth-order valence-electron chi connectivity index (χ4n) is 12.6. The number of carbonyl (C=O) groups is 4. The Hall–Kier alpha value is -3.17. The molecule has 2 unspecified atom stereocenters. The molecule has 23 heteroatoms. The lowest BCUT2D eigenvalue weighted by molar-refractivity contribution is -0.305. The quantitative estimate of drug-likeness (QED) is 0.0914. The van der Waals surface area contributed by atoms with Crippen molar-refractivity contribution in [2.75, 3.05) is 74.4 Å². The summed E-state index contributed by atoms with van der Waals surface area (Å²) in [7, 11) is 6.32. The summed E-state index contributed by atoms with van der Waals surface area (Å²) in [5.74, 6) is -7.39. The molecule has 5 fully saturated rings. The molecule has 1 amide bonds. The maximum Gasteiger partial charge on any atom is 0.408 e. The zero-order valence-corrected chi connectivity index (χ0v) is 52.7. The third-order valence-electron chi connectivity index (χ3n) is 17.1. The van der Waals surface area contributed by atoms with Crippen molar-refractivity contribution < 1.29 is 91.1 Å². The van der Waals surface area contributed by atoms with E-state index in [1.165, 1.54) is 21.3 Å². The van der Waals surface area contributed by atoms with Crippen LogP contribution in [0, 0.1) is 41.4 Å². The molecule has 0 aromatic heterocycles. The number of methoxy groups -OCH3 is 2. The second-order valence-electron chi connectivity index (χ2n) is 25.6. The molecule has 82 heavy (non-hydrogen) atoms. The first kappa shape index (κ1) is 69.6. The number of morpholine rings is 1. The number of aliphatic hydroxyl groups is 2. The molecule has 5 rings (SSSR count). The van der Waals surface area contributed by atoms with Gasteiger partial charge in [0.05, 0.1) is 73.4 Å². The minimum Gasteiger partial charge on any atom is -0.461 e. The summed E-state index contributed by atoms with van der Waals surface area (Å²) in [4.78, 5) is 69.7. The second-order valence-corrected chi connectivity index (χ2v) is 25.6. The number of esters is 2. The second kappa shape index (κ2) is 31.0. The van der Waals surface area contributed by atoms with Gasteiger partial charge in [-0.25, -0.2) is 4.79 Å². The fraction of sp³-hybridized carbons (Fsp3) is 0.915. The van der Waals surface area contributed by atoms with Gasteiger partial charge in [0.25, 0.3) is 0 Å². The first-order chi connectivity index (χ1) is 38.4. The van der Waals surface area contributed by atoms with E-state index in [-0.39, 0.29) is 43.9 Å². The number of ketones is 1. The number of Topliss-reactive ketones (excluding diaryl/α,β-unsaturated/α-hetero) is 1. The molecule has 5 aliphatic heterocycles. The average Bonchev–Trinajstić information content (AvgIpc) is 3.58. The number of carbonyl (C=O) groups excluding carboxylic acids is 4. The van der Waals surface area contributed by atoms with Gasteiger partial charge in [0.15, 0.2) is 30.3 Å². The van der Waals surface area contributed by atoms with Crippen molar-refractivity contribution >= 4 is 29.5 Å². The fourth-order valence-corrected chi connectivity index (χ4v) is 12.6. The highest BCUT2D eigenvalue weighted by atomic mass is 16.7. The number of amides is 1. The van der Waals surface area contributed by atoms with Crippen molar-refractivity contribution in [3.05, 3.63) is 0 Å². The molecule has 22 atom stereocenters. The number of rotatable bonds is 18. The van der Waals surface area contributed by atoms with Gasteiger partial charge in [0.1, 0.15) is 43.7 Å². The number of hydrogen-bond acceptors (Lipinski definition) is 22. The number of hydrogen-bond donors (Lipinski definition) is 3. The van der Waals surface area contributed by atoms with Gasteiger partial charge in [-0.1, -0.05) is 53.6 Å². The van der Waals surface area contributed by atoms with Crippen LogP contribution in [0.2, 0.25) is 0 Å². The van der Waals surface area contributed by atoms with Crippen LogP contribution < -0.4 is 5.32 Å². The topological polar surface area (TPSA) is 260 Å². The number of cyclic esters (lactones) is 1. The van der Waals surface area contributed by atoms with Crippen molar-refractivity contribution in [1.29, 1.82) is 0 Å². The minimum absolute atomic E-state index is 0.00848. The molecule has 5 aliphatic rings. The van der Waals surface area contributed by atoms with E-state index in [1.54, 1.807) is 34.6 Å². The summed E-state index contributed by atoms with van der Waals surface area (Å²) >= 11 is 0. The molecule has 23 nitrogen and oxygen atoms in total. The van der Waals surface area contributed by atoms with Gasteiger partial charge in [0.2, 0.25) is 0 Å². The van der Waals surface area contributed by atoms with E-state index >= 15 is 9.59 Å². The minimum atomic E-state index is -1.97. The summed E-state index contributed by atoms with van der Waals surface area (Å²) in [6.07, 6.45) is -13.5. The number of ether oxygens (including phenoxy) is 12. The van der Waals surface area contributed by atoms with Crippen LogP contribution in [0.15, 0.2) is 5.16 Å². The van der Waals surface area contributed by atoms with Gasteiger partial charge in [-0.2, -0.15) is 0 Å². The highest BCUT2D eigenvalue weighted by Crippen LogP contribution is 2.41. The number of alkyl carbamates (subject to hydrolysis) is 1. The van der Waals surface area contributed by atoms with E-state index in [1.807, 2.05) is 69.4 Å². The molecule has 0 saturated carbocycles. The summed E-state index contributed by atoms with van der Waals surface area (Å²) in [5, 5.41) is 30.0. The molecule has 0 aliphatic carbocycles. The Bertz CT molecular complexity index is 2060. The van der Waals surface area contributed by atoms with E-state index < -0.39 is 150 Å². The molecule has 3 N–H and O–H groups in total. The summed E-state index contributed by atoms with van der Waals surface area (Å²) in [6.45, 7) is 30.6. The van der Waals surface area contributed by atoms with Gasteiger partial charge in [-0.3, -0.25) is 19.3 Å². The molecule has 0 spiro atoms. The van der Waals surface area contributed by atoms with Crippen LogP contribution in [0.3, 0.4) is 0 Å². The standard InChI is InChI=1S/C59H104N4O19/c1-31(2)24-43(64)78-49-38(9)48(33(4)29-74-56-52(71-18)51(70-17)45(65)41(12)77-56)80-54(68)40(11)50(79-44-25-34(5)62(16)28-36(7)75-44)37(8)47(81-55-46(66)42(61-72-19)26-35(6)76-55)32(3)27-59(15,53(67)39(49)10)82-57(69)60-58(13,14)30-63-20-22-73-23-21-63/h31-41,44-52,55-56,65-66H,20-30H2,1-19H3,(H,60,69)/b61-42+/t32-,33?,34?,35+,36-,37+,38-,39+,40+,41+,44-,45+,46+,47-,48+,49+,50-,51+,52+,55-,56+,59-/m0/s1. The van der Waals surface area contributed by atoms with Gasteiger partial charge in [0, 0.05) is 83.5 Å². The number of aliphatic hydroxyl groups excluding tert-OH is 2. The van der Waals surface area contributed by atoms with E-state index in [4.69, 9.17) is 61.7 Å². The predicted molar refractivity (Wildman–Crippen MR) is 301 cm³/mol. The highest BCUT2D eigenvalue weighted by molar-refractivity contribution is 5.92. The predicted octanol–water partition coefficient (Wildman–Crippen LogP) is 5.12. The van der Waals surface area contributed by atoms with Crippen molar-refractivity contribution in [3.63, 3.8) is 0 Å². The number of nitrogens with zero attached hydrogens (tertiary/aromatic N) is 3. The highest BCUT2D eigenvalue weighted by Gasteiger charge is 2.53. The van der Waals surface area contributed by atoms with E-state index in [9.17, 15) is 19.8 Å². The van der Waals surface area contributed by atoms with Crippen LogP contribution in [-0.2, 0) is 76.1 Å². The Morgan fingerprint density at radius 1 is 0.829 bits per heavy atom. The molecule has 5 saturated heterocycles. The normalized spacial score (nSPS) is 40.1.